The average Bonchev–Trinajstić information content (AvgIpc) is 2.57. The zero-order valence-electron chi connectivity index (χ0n) is 12.7. The van der Waals surface area contributed by atoms with Gasteiger partial charge in [0.05, 0.1) is 5.02 Å². The van der Waals surface area contributed by atoms with E-state index in [2.05, 4.69) is 0 Å². The van der Waals surface area contributed by atoms with Gasteiger partial charge in [-0.1, -0.05) is 35.9 Å². The quantitative estimate of drug-likeness (QED) is 0.675. The minimum Gasteiger partial charge on any atom is -0.480 e. The number of carboxylic acids is 1. The van der Waals surface area contributed by atoms with Gasteiger partial charge < -0.3 is 5.11 Å². The zero-order valence-corrected chi connectivity index (χ0v) is 13.5. The molecule has 0 bridgehead atoms. The SMILES string of the molecule is O=C(O)CN1C(=O)/C(=C\c2c(F)cccc2Cl)c2ccccc2C1=O. The van der Waals surface area contributed by atoms with Crippen LogP contribution in [-0.4, -0.2) is 34.3 Å². The molecule has 5 nitrogen and oxygen atoms in total. The van der Waals surface area contributed by atoms with Gasteiger partial charge in [-0.15, -0.1) is 0 Å². The zero-order chi connectivity index (χ0) is 18.1. The summed E-state index contributed by atoms with van der Waals surface area (Å²) in [4.78, 5) is 36.7. The molecule has 1 aliphatic rings. The molecule has 0 spiro atoms. The maximum absolute atomic E-state index is 14.1. The molecule has 0 aromatic heterocycles. The van der Waals surface area contributed by atoms with E-state index in [1.165, 1.54) is 30.3 Å². The molecule has 0 radical (unpaired) electrons. The van der Waals surface area contributed by atoms with Crippen LogP contribution >= 0.6 is 11.6 Å². The van der Waals surface area contributed by atoms with Crippen molar-refractivity contribution in [2.75, 3.05) is 6.54 Å². The second-order valence-electron chi connectivity index (χ2n) is 5.33. The molecule has 0 saturated heterocycles. The Labute approximate surface area is 146 Å². The lowest BCUT2D eigenvalue weighted by molar-refractivity contribution is -0.141. The number of carbonyl (C=O) groups is 3. The van der Waals surface area contributed by atoms with Crippen LogP contribution in [0.25, 0.3) is 11.6 Å². The lowest BCUT2D eigenvalue weighted by Gasteiger charge is -2.27. The first-order valence-corrected chi connectivity index (χ1v) is 7.61. The molecule has 0 unspecified atom stereocenters. The van der Waals surface area contributed by atoms with Gasteiger partial charge in [-0.2, -0.15) is 0 Å². The predicted octanol–water partition coefficient (Wildman–Crippen LogP) is 3.09. The van der Waals surface area contributed by atoms with Crippen molar-refractivity contribution in [3.05, 3.63) is 70.0 Å². The van der Waals surface area contributed by atoms with Gasteiger partial charge >= 0.3 is 5.97 Å². The van der Waals surface area contributed by atoms with E-state index in [0.29, 0.717) is 10.5 Å². The van der Waals surface area contributed by atoms with E-state index in [9.17, 15) is 18.8 Å². The largest absolute Gasteiger partial charge is 0.480 e. The molecule has 3 rings (SSSR count). The van der Waals surface area contributed by atoms with Crippen LogP contribution in [0.2, 0.25) is 5.02 Å². The summed E-state index contributed by atoms with van der Waals surface area (Å²) in [6.45, 7) is -0.783. The number of aliphatic carboxylic acids is 1. The monoisotopic (exact) mass is 359 g/mol. The molecule has 126 valence electrons. The average molecular weight is 360 g/mol. The molecule has 2 aromatic rings. The van der Waals surface area contributed by atoms with Crippen LogP contribution in [-0.2, 0) is 9.59 Å². The standard InChI is InChI=1S/C18H11ClFNO4/c19-14-6-3-7-15(20)13(14)8-12-10-4-1-2-5-11(10)17(24)21(18(12)25)9-16(22)23/h1-8H,9H2,(H,22,23)/b12-8-. The van der Waals surface area contributed by atoms with Crippen LogP contribution in [0.15, 0.2) is 42.5 Å². The van der Waals surface area contributed by atoms with Crippen molar-refractivity contribution in [3.8, 4) is 0 Å². The van der Waals surface area contributed by atoms with Crippen molar-refractivity contribution >= 4 is 41.0 Å². The summed E-state index contributed by atoms with van der Waals surface area (Å²) >= 11 is 6.00. The number of rotatable bonds is 3. The number of carbonyl (C=O) groups excluding carboxylic acids is 2. The van der Waals surface area contributed by atoms with E-state index < -0.39 is 30.1 Å². The van der Waals surface area contributed by atoms with Crippen molar-refractivity contribution in [1.29, 1.82) is 0 Å². The maximum atomic E-state index is 14.1. The number of fused-ring (bicyclic) bond motifs is 1. The minimum absolute atomic E-state index is 0.00319. The fourth-order valence-corrected chi connectivity index (χ4v) is 2.83. The van der Waals surface area contributed by atoms with Crippen LogP contribution < -0.4 is 0 Å². The van der Waals surface area contributed by atoms with Crippen LogP contribution in [0.4, 0.5) is 4.39 Å². The van der Waals surface area contributed by atoms with Crippen LogP contribution in [0, 0.1) is 5.82 Å². The number of hydrogen-bond donors (Lipinski definition) is 1. The number of hydrogen-bond acceptors (Lipinski definition) is 3. The number of halogens is 2. The van der Waals surface area contributed by atoms with Crippen molar-refractivity contribution in [2.45, 2.75) is 0 Å². The lowest BCUT2D eigenvalue weighted by atomic mass is 9.92. The first-order chi connectivity index (χ1) is 11.9. The summed E-state index contributed by atoms with van der Waals surface area (Å²) in [5.74, 6) is -3.48. The third-order valence-electron chi connectivity index (χ3n) is 3.75. The third-order valence-corrected chi connectivity index (χ3v) is 4.08. The molecule has 7 heteroatoms. The van der Waals surface area contributed by atoms with Gasteiger partial charge in [-0.25, -0.2) is 4.39 Å². The molecular formula is C18H11ClFNO4. The number of carboxylic acid groups (broad SMARTS) is 1. The van der Waals surface area contributed by atoms with Gasteiger partial charge in [-0.3, -0.25) is 19.3 Å². The van der Waals surface area contributed by atoms with E-state index in [1.807, 2.05) is 0 Å². The molecule has 1 heterocycles. The predicted molar refractivity (Wildman–Crippen MR) is 89.4 cm³/mol. The maximum Gasteiger partial charge on any atom is 0.323 e. The fourth-order valence-electron chi connectivity index (χ4n) is 2.61. The summed E-state index contributed by atoms with van der Waals surface area (Å²) < 4.78 is 14.1. The van der Waals surface area contributed by atoms with Gasteiger partial charge in [0.25, 0.3) is 11.8 Å². The van der Waals surface area contributed by atoms with E-state index >= 15 is 0 Å². The van der Waals surface area contributed by atoms with Gasteiger partial charge in [-0.05, 0) is 29.8 Å². The molecule has 0 atom stereocenters. The molecule has 1 aliphatic heterocycles. The van der Waals surface area contributed by atoms with Crippen LogP contribution in [0.1, 0.15) is 21.5 Å². The van der Waals surface area contributed by atoms with Gasteiger partial charge in [0.15, 0.2) is 0 Å². The highest BCUT2D eigenvalue weighted by Gasteiger charge is 2.35. The van der Waals surface area contributed by atoms with Gasteiger partial charge in [0.2, 0.25) is 0 Å². The number of nitrogens with zero attached hydrogens (tertiary/aromatic N) is 1. The molecule has 1 N–H and O–H groups in total. The summed E-state index contributed by atoms with van der Waals surface area (Å²) in [5.41, 5.74) is 0.468. The highest BCUT2D eigenvalue weighted by atomic mass is 35.5. The normalized spacial score (nSPS) is 15.4. The van der Waals surface area contributed by atoms with E-state index in [4.69, 9.17) is 16.7 Å². The highest BCUT2D eigenvalue weighted by molar-refractivity contribution is 6.36. The number of benzene rings is 2. The molecule has 0 saturated carbocycles. The molecule has 0 fully saturated rings. The van der Waals surface area contributed by atoms with Crippen LogP contribution in [0.3, 0.4) is 0 Å². The Balaban J connectivity index is 2.22. The fraction of sp³-hybridized carbons (Fsp3) is 0.0556. The Hall–Kier alpha value is -2.99. The summed E-state index contributed by atoms with van der Waals surface area (Å²) in [5, 5.41) is 9.06. The third kappa shape index (κ3) is 3.04. The molecule has 2 amide bonds. The second kappa shape index (κ2) is 6.49. The Morgan fingerprint density at radius 1 is 1.08 bits per heavy atom. The molecule has 0 aliphatic carbocycles. The summed E-state index contributed by atoms with van der Waals surface area (Å²) in [7, 11) is 0. The Morgan fingerprint density at radius 2 is 1.76 bits per heavy atom. The minimum atomic E-state index is -1.33. The summed E-state index contributed by atoms with van der Waals surface area (Å²) in [6.07, 6.45) is 1.24. The number of imide groups is 1. The topological polar surface area (TPSA) is 74.7 Å². The van der Waals surface area contributed by atoms with Crippen LogP contribution in [0.5, 0.6) is 0 Å². The lowest BCUT2D eigenvalue weighted by Crippen LogP contribution is -2.44. The van der Waals surface area contributed by atoms with E-state index in [1.54, 1.807) is 18.2 Å². The van der Waals surface area contributed by atoms with Crippen molar-refractivity contribution in [1.82, 2.24) is 4.90 Å². The highest BCUT2D eigenvalue weighted by Crippen LogP contribution is 2.32. The Morgan fingerprint density at radius 3 is 2.40 bits per heavy atom. The Bertz CT molecular complexity index is 918. The first kappa shape index (κ1) is 16.9. The summed E-state index contributed by atoms with van der Waals surface area (Å²) in [6, 6.07) is 10.3. The molecule has 2 aromatic carbocycles. The van der Waals surface area contributed by atoms with Crippen molar-refractivity contribution in [2.24, 2.45) is 0 Å². The molecule has 25 heavy (non-hydrogen) atoms. The van der Waals surface area contributed by atoms with Crippen molar-refractivity contribution < 1.29 is 23.9 Å². The second-order valence-corrected chi connectivity index (χ2v) is 5.74. The van der Waals surface area contributed by atoms with E-state index in [0.717, 1.165) is 0 Å². The number of amides is 2. The smallest absolute Gasteiger partial charge is 0.323 e. The first-order valence-electron chi connectivity index (χ1n) is 7.23. The van der Waals surface area contributed by atoms with Gasteiger partial charge in [0.1, 0.15) is 12.4 Å². The molecular weight excluding hydrogens is 349 g/mol. The van der Waals surface area contributed by atoms with Crippen molar-refractivity contribution in [3.63, 3.8) is 0 Å². The van der Waals surface area contributed by atoms with E-state index in [-0.39, 0.29) is 21.7 Å². The Kier molecular flexibility index (Phi) is 4.37. The van der Waals surface area contributed by atoms with Gasteiger partial charge in [0, 0.05) is 16.7 Å².